The van der Waals surface area contributed by atoms with Gasteiger partial charge in [-0.25, -0.2) is 0 Å². The molecule has 3 rings (SSSR count). The summed E-state index contributed by atoms with van der Waals surface area (Å²) in [5.41, 5.74) is 1.60. The van der Waals surface area contributed by atoms with Crippen LogP contribution in [0.2, 0.25) is 0 Å². The average molecular weight is 355 g/mol. The van der Waals surface area contributed by atoms with Crippen molar-refractivity contribution < 1.29 is 9.53 Å². The third-order valence-electron chi connectivity index (χ3n) is 3.35. The van der Waals surface area contributed by atoms with Gasteiger partial charge in [0.1, 0.15) is 5.75 Å². The molecular weight excluding hydrogens is 338 g/mol. The van der Waals surface area contributed by atoms with Crippen LogP contribution in [0.4, 0.5) is 5.69 Å². The van der Waals surface area contributed by atoms with Crippen LogP contribution in [0.3, 0.4) is 0 Å². The number of carbonyl (C=O) groups excluding carboxylic acids is 1. The molecule has 0 radical (unpaired) electrons. The molecular formula is C17H17N5O2S. The van der Waals surface area contributed by atoms with Gasteiger partial charge >= 0.3 is 0 Å². The van der Waals surface area contributed by atoms with Crippen LogP contribution in [-0.4, -0.2) is 39.0 Å². The summed E-state index contributed by atoms with van der Waals surface area (Å²) >= 11 is 1.45. The first-order valence-corrected chi connectivity index (χ1v) is 8.76. The molecule has 8 heteroatoms. The lowest BCUT2D eigenvalue weighted by Gasteiger charge is -2.07. The van der Waals surface area contributed by atoms with E-state index in [0.717, 1.165) is 5.69 Å². The lowest BCUT2D eigenvalue weighted by molar-refractivity contribution is -0.113. The van der Waals surface area contributed by atoms with E-state index in [1.54, 1.807) is 17.9 Å². The largest absolute Gasteiger partial charge is 0.497 e. The molecule has 25 heavy (non-hydrogen) atoms. The number of anilines is 1. The summed E-state index contributed by atoms with van der Waals surface area (Å²) in [5.74, 6) is 2.15. The van der Waals surface area contributed by atoms with Gasteiger partial charge in [-0.1, -0.05) is 24.3 Å². The predicted molar refractivity (Wildman–Crippen MR) is 96.9 cm³/mol. The second kappa shape index (κ2) is 8.29. The van der Waals surface area contributed by atoms with Crippen LogP contribution in [0.5, 0.6) is 5.75 Å². The van der Waals surface area contributed by atoms with E-state index in [0.29, 0.717) is 28.8 Å². The minimum absolute atomic E-state index is 0.0861. The number of tetrazole rings is 1. The van der Waals surface area contributed by atoms with Crippen molar-refractivity contribution in [3.63, 3.8) is 0 Å². The first kappa shape index (κ1) is 17.0. The number of amides is 1. The number of methoxy groups -OCH3 is 1. The summed E-state index contributed by atoms with van der Waals surface area (Å²) in [5, 5.41) is 14.6. The Labute approximate surface area is 149 Å². The fourth-order valence-corrected chi connectivity index (χ4v) is 2.92. The SMILES string of the molecule is COc1cccc(NC(=O)CSCc2nnnn2-c2ccccc2)c1. The predicted octanol–water partition coefficient (Wildman–Crippen LogP) is 2.54. The number of hydrogen-bond acceptors (Lipinski definition) is 6. The Bertz CT molecular complexity index is 838. The third-order valence-corrected chi connectivity index (χ3v) is 4.28. The number of thioether (sulfide) groups is 1. The Morgan fingerprint density at radius 2 is 2.04 bits per heavy atom. The molecule has 2 aromatic carbocycles. The Morgan fingerprint density at radius 3 is 2.84 bits per heavy atom. The molecule has 1 aromatic heterocycles. The van der Waals surface area contributed by atoms with Gasteiger partial charge in [0, 0.05) is 11.8 Å². The van der Waals surface area contributed by atoms with Crippen molar-refractivity contribution in [3.8, 4) is 11.4 Å². The fraction of sp³-hybridized carbons (Fsp3) is 0.176. The Morgan fingerprint density at radius 1 is 1.20 bits per heavy atom. The van der Waals surface area contributed by atoms with Crippen molar-refractivity contribution in [2.75, 3.05) is 18.2 Å². The van der Waals surface area contributed by atoms with Gasteiger partial charge in [-0.3, -0.25) is 4.79 Å². The molecule has 0 saturated heterocycles. The van der Waals surface area contributed by atoms with Crippen LogP contribution in [-0.2, 0) is 10.5 Å². The second-order valence-electron chi connectivity index (χ2n) is 5.12. The number of carbonyl (C=O) groups is 1. The maximum absolute atomic E-state index is 12.1. The molecule has 0 aliphatic carbocycles. The zero-order valence-electron chi connectivity index (χ0n) is 13.6. The van der Waals surface area contributed by atoms with E-state index in [1.165, 1.54) is 11.8 Å². The van der Waals surface area contributed by atoms with E-state index < -0.39 is 0 Å². The number of benzene rings is 2. The van der Waals surface area contributed by atoms with E-state index in [4.69, 9.17) is 4.74 Å². The summed E-state index contributed by atoms with van der Waals surface area (Å²) in [6.45, 7) is 0. The molecule has 128 valence electrons. The van der Waals surface area contributed by atoms with E-state index in [2.05, 4.69) is 20.8 Å². The van der Waals surface area contributed by atoms with Gasteiger partial charge in [0.15, 0.2) is 5.82 Å². The number of hydrogen-bond donors (Lipinski definition) is 1. The highest BCUT2D eigenvalue weighted by molar-refractivity contribution is 7.99. The first-order valence-electron chi connectivity index (χ1n) is 7.60. The Hall–Kier alpha value is -2.87. The maximum atomic E-state index is 12.1. The lowest BCUT2D eigenvalue weighted by Crippen LogP contribution is -2.14. The van der Waals surface area contributed by atoms with Gasteiger partial charge in [-0.15, -0.1) is 16.9 Å². The number of para-hydroxylation sites is 1. The molecule has 0 atom stereocenters. The van der Waals surface area contributed by atoms with Crippen molar-refractivity contribution in [1.82, 2.24) is 20.2 Å². The molecule has 0 aliphatic rings. The molecule has 0 fully saturated rings. The number of nitrogens with zero attached hydrogens (tertiary/aromatic N) is 4. The van der Waals surface area contributed by atoms with Gasteiger partial charge in [-0.2, -0.15) is 4.68 Å². The van der Waals surface area contributed by atoms with Gasteiger partial charge < -0.3 is 10.1 Å². The van der Waals surface area contributed by atoms with Gasteiger partial charge in [0.2, 0.25) is 5.91 Å². The normalized spacial score (nSPS) is 10.4. The summed E-state index contributed by atoms with van der Waals surface area (Å²) < 4.78 is 6.81. The molecule has 3 aromatic rings. The molecule has 1 N–H and O–H groups in total. The van der Waals surface area contributed by atoms with Gasteiger partial charge in [0.25, 0.3) is 0 Å². The minimum atomic E-state index is -0.0861. The van der Waals surface area contributed by atoms with Crippen molar-refractivity contribution >= 4 is 23.4 Å². The molecule has 0 unspecified atom stereocenters. The topological polar surface area (TPSA) is 81.9 Å². The quantitative estimate of drug-likeness (QED) is 0.701. The summed E-state index contributed by atoms with van der Waals surface area (Å²) in [4.78, 5) is 12.1. The van der Waals surface area contributed by atoms with E-state index in [1.807, 2.05) is 48.5 Å². The van der Waals surface area contributed by atoms with Crippen molar-refractivity contribution in [3.05, 3.63) is 60.4 Å². The summed E-state index contributed by atoms with van der Waals surface area (Å²) in [6.07, 6.45) is 0. The van der Waals surface area contributed by atoms with Gasteiger partial charge in [0.05, 0.1) is 24.3 Å². The summed E-state index contributed by atoms with van der Waals surface area (Å²) in [7, 11) is 1.59. The number of ether oxygens (including phenoxy) is 1. The Kier molecular flexibility index (Phi) is 5.63. The number of aromatic nitrogens is 4. The van der Waals surface area contributed by atoms with Crippen LogP contribution < -0.4 is 10.1 Å². The molecule has 1 heterocycles. The first-order chi connectivity index (χ1) is 12.3. The van der Waals surface area contributed by atoms with Crippen molar-refractivity contribution in [2.24, 2.45) is 0 Å². The van der Waals surface area contributed by atoms with Crippen LogP contribution >= 0.6 is 11.8 Å². The van der Waals surface area contributed by atoms with E-state index in [-0.39, 0.29) is 5.91 Å². The molecule has 0 aliphatic heterocycles. The molecule has 7 nitrogen and oxygen atoms in total. The summed E-state index contributed by atoms with van der Waals surface area (Å²) in [6, 6.07) is 16.9. The average Bonchev–Trinajstić information content (AvgIpc) is 3.11. The second-order valence-corrected chi connectivity index (χ2v) is 6.10. The van der Waals surface area contributed by atoms with Crippen LogP contribution in [0.25, 0.3) is 5.69 Å². The highest BCUT2D eigenvalue weighted by atomic mass is 32.2. The number of rotatable bonds is 7. The standard InChI is InChI=1S/C17H17N5O2S/c1-24-15-9-5-6-13(10-15)18-17(23)12-25-11-16-19-20-21-22(16)14-7-3-2-4-8-14/h2-10H,11-12H2,1H3,(H,18,23). The maximum Gasteiger partial charge on any atom is 0.234 e. The van der Waals surface area contributed by atoms with Crippen molar-refractivity contribution in [2.45, 2.75) is 5.75 Å². The zero-order valence-corrected chi connectivity index (χ0v) is 14.4. The molecule has 0 saturated carbocycles. The molecule has 1 amide bonds. The van der Waals surface area contributed by atoms with E-state index >= 15 is 0 Å². The fourth-order valence-electron chi connectivity index (χ4n) is 2.20. The third kappa shape index (κ3) is 4.57. The molecule has 0 bridgehead atoms. The molecule has 0 spiro atoms. The van der Waals surface area contributed by atoms with Crippen LogP contribution in [0.15, 0.2) is 54.6 Å². The highest BCUT2D eigenvalue weighted by Gasteiger charge is 2.10. The zero-order chi connectivity index (χ0) is 17.5. The van der Waals surface area contributed by atoms with Crippen LogP contribution in [0, 0.1) is 0 Å². The highest BCUT2D eigenvalue weighted by Crippen LogP contribution is 2.18. The monoisotopic (exact) mass is 355 g/mol. The smallest absolute Gasteiger partial charge is 0.234 e. The lowest BCUT2D eigenvalue weighted by atomic mass is 10.3. The van der Waals surface area contributed by atoms with Gasteiger partial charge in [-0.05, 0) is 34.7 Å². The minimum Gasteiger partial charge on any atom is -0.497 e. The van der Waals surface area contributed by atoms with Crippen LogP contribution in [0.1, 0.15) is 5.82 Å². The van der Waals surface area contributed by atoms with E-state index in [9.17, 15) is 4.79 Å². The van der Waals surface area contributed by atoms with Crippen molar-refractivity contribution in [1.29, 1.82) is 0 Å². The Balaban J connectivity index is 1.53. The number of nitrogens with one attached hydrogen (secondary N) is 1.